The first-order chi connectivity index (χ1) is 12.6. The van der Waals surface area contributed by atoms with E-state index in [1.165, 1.54) is 22.4 Å². The smallest absolute Gasteiger partial charge is 0.416 e. The van der Waals surface area contributed by atoms with Gasteiger partial charge in [0.05, 0.1) is 5.52 Å². The van der Waals surface area contributed by atoms with Crippen LogP contribution in [-0.2, 0) is 4.74 Å². The third-order valence-corrected chi connectivity index (χ3v) is 5.48. The van der Waals surface area contributed by atoms with Crippen molar-refractivity contribution in [2.24, 2.45) is 0 Å². The zero-order valence-corrected chi connectivity index (χ0v) is 18.0. The number of hydrogen-bond acceptors (Lipinski definition) is 7. The summed E-state index contributed by atoms with van der Waals surface area (Å²) in [7, 11) is 1.57. The van der Waals surface area contributed by atoms with E-state index in [2.05, 4.69) is 32.8 Å². The van der Waals surface area contributed by atoms with E-state index in [1.807, 2.05) is 6.07 Å². The molecule has 1 amide bonds. The summed E-state index contributed by atoms with van der Waals surface area (Å²) >= 11 is 3.31. The number of carbonyl (C=O) groups is 2. The van der Waals surface area contributed by atoms with Gasteiger partial charge < -0.3 is 19.2 Å². The maximum absolute atomic E-state index is 12.2. The Morgan fingerprint density at radius 3 is 2.63 bits per heavy atom. The molecule has 0 saturated carbocycles. The molecule has 0 unspecified atom stereocenters. The number of amides is 1. The topological polar surface area (TPSA) is 100 Å². The third-order valence-electron chi connectivity index (χ3n) is 3.57. The molecule has 0 radical (unpaired) electrons. The largest absolute Gasteiger partial charge is 0.529 e. The van der Waals surface area contributed by atoms with Gasteiger partial charge in [0.25, 0.3) is 0 Å². The molecule has 0 saturated heterocycles. The second kappa shape index (κ2) is 7.08. The molecule has 142 valence electrons. The average molecular weight is 499 g/mol. The molecule has 0 N–H and O–H groups in total. The maximum Gasteiger partial charge on any atom is 0.416 e. The number of carboxylic acid groups (broad SMARTS) is 1. The number of anilines is 1. The number of ether oxygens (including phenoxy) is 1. The Hall–Kier alpha value is -2.21. The minimum Gasteiger partial charge on any atom is -0.529 e. The van der Waals surface area contributed by atoms with Crippen LogP contribution in [0.4, 0.5) is 14.7 Å². The predicted octanol–water partition coefficient (Wildman–Crippen LogP) is 3.33. The van der Waals surface area contributed by atoms with Crippen LogP contribution in [0.2, 0.25) is 0 Å². The van der Waals surface area contributed by atoms with E-state index in [0.29, 0.717) is 15.7 Å². The summed E-state index contributed by atoms with van der Waals surface area (Å²) in [5.41, 5.74) is 0.712. The number of rotatable bonds is 2. The average Bonchev–Trinajstić information content (AvgIpc) is 3.17. The molecule has 27 heavy (non-hydrogen) atoms. The summed E-state index contributed by atoms with van der Waals surface area (Å²) < 4.78 is 7.18. The molecule has 0 spiro atoms. The van der Waals surface area contributed by atoms with Crippen LogP contribution in [0.5, 0.6) is 0 Å². The highest BCUT2D eigenvalue weighted by atomic mass is 127. The van der Waals surface area contributed by atoms with Crippen molar-refractivity contribution in [3.8, 4) is 10.6 Å². The summed E-state index contributed by atoms with van der Waals surface area (Å²) in [6.45, 7) is 5.37. The van der Waals surface area contributed by atoms with Gasteiger partial charge in [0.2, 0.25) is 5.13 Å². The van der Waals surface area contributed by atoms with Crippen molar-refractivity contribution in [2.45, 2.75) is 26.4 Å². The number of benzene rings is 1. The van der Waals surface area contributed by atoms with Crippen LogP contribution in [0.1, 0.15) is 20.8 Å². The van der Waals surface area contributed by atoms with Gasteiger partial charge in [-0.2, -0.15) is 0 Å². The monoisotopic (exact) mass is 499 g/mol. The molecular formula is C17H16IN4O4S-. The van der Waals surface area contributed by atoms with Gasteiger partial charge in [0, 0.05) is 27.8 Å². The van der Waals surface area contributed by atoms with Gasteiger partial charge >= 0.3 is 6.09 Å². The van der Waals surface area contributed by atoms with E-state index < -0.39 is 17.8 Å². The molecule has 0 atom stereocenters. The van der Waals surface area contributed by atoms with Crippen LogP contribution in [0.15, 0.2) is 24.4 Å². The molecule has 8 nitrogen and oxygen atoms in total. The van der Waals surface area contributed by atoms with E-state index in [9.17, 15) is 14.7 Å². The molecule has 0 aliphatic rings. The van der Waals surface area contributed by atoms with Crippen molar-refractivity contribution in [1.82, 2.24) is 14.8 Å². The van der Waals surface area contributed by atoms with Gasteiger partial charge in [-0.1, -0.05) is 11.3 Å². The second-order valence-corrected chi connectivity index (χ2v) is 8.89. The standard InChI is InChI=1S/C17H17IN4O4S/c1-17(2,3)26-16(25)21(4)14-20-19-13(27-14)9-5-6-12-10(7-9)11(18)8-22(12)15(23)24/h5-8H,1-4H3,(H,23,24)/p-1. The summed E-state index contributed by atoms with van der Waals surface area (Å²) in [5.74, 6) is 0. The van der Waals surface area contributed by atoms with Gasteiger partial charge in [-0.15, -0.1) is 10.2 Å². The highest BCUT2D eigenvalue weighted by Crippen LogP contribution is 2.32. The number of aromatic nitrogens is 3. The fourth-order valence-electron chi connectivity index (χ4n) is 2.35. The lowest BCUT2D eigenvalue weighted by Gasteiger charge is -2.22. The Bertz CT molecular complexity index is 1040. The zero-order chi connectivity index (χ0) is 19.9. The van der Waals surface area contributed by atoms with Gasteiger partial charge in [0.15, 0.2) is 0 Å². The molecule has 0 aliphatic carbocycles. The zero-order valence-electron chi connectivity index (χ0n) is 15.0. The lowest BCUT2D eigenvalue weighted by molar-refractivity contribution is -0.249. The quantitative estimate of drug-likeness (QED) is 0.502. The Balaban J connectivity index is 1.91. The third kappa shape index (κ3) is 4.05. The van der Waals surface area contributed by atoms with Gasteiger partial charge in [0.1, 0.15) is 16.7 Å². The van der Waals surface area contributed by atoms with E-state index >= 15 is 0 Å². The number of fused-ring (bicyclic) bond motifs is 1. The second-order valence-electron chi connectivity index (χ2n) is 6.77. The highest BCUT2D eigenvalue weighted by Gasteiger charge is 2.23. The Morgan fingerprint density at radius 1 is 1.30 bits per heavy atom. The van der Waals surface area contributed by atoms with Crippen molar-refractivity contribution in [2.75, 3.05) is 11.9 Å². The molecule has 3 rings (SSSR count). The minimum atomic E-state index is -1.28. The number of hydrogen-bond donors (Lipinski definition) is 0. The fraction of sp³-hybridized carbons (Fsp3) is 0.294. The highest BCUT2D eigenvalue weighted by molar-refractivity contribution is 14.1. The first kappa shape index (κ1) is 19.5. The van der Waals surface area contributed by atoms with Gasteiger partial charge in [-0.3, -0.25) is 4.90 Å². The molecule has 10 heteroatoms. The summed E-state index contributed by atoms with van der Waals surface area (Å²) in [5, 5.41) is 21.2. The minimum absolute atomic E-state index is 0.404. The van der Waals surface area contributed by atoms with Crippen LogP contribution >= 0.6 is 33.9 Å². The Kier molecular flexibility index (Phi) is 5.12. The van der Waals surface area contributed by atoms with Crippen LogP contribution in [0.25, 0.3) is 21.5 Å². The summed E-state index contributed by atoms with van der Waals surface area (Å²) in [6.07, 6.45) is -0.291. The number of carbonyl (C=O) groups excluding carboxylic acids is 2. The van der Waals surface area contributed by atoms with E-state index in [4.69, 9.17) is 4.74 Å². The molecule has 0 aliphatic heterocycles. The number of nitrogens with zero attached hydrogens (tertiary/aromatic N) is 4. The fourth-order valence-corrected chi connectivity index (χ4v) is 3.85. The van der Waals surface area contributed by atoms with E-state index in [0.717, 1.165) is 19.1 Å². The van der Waals surface area contributed by atoms with Gasteiger partial charge in [-0.25, -0.2) is 4.79 Å². The molecule has 0 bridgehead atoms. The Morgan fingerprint density at radius 2 is 2.00 bits per heavy atom. The predicted molar refractivity (Wildman–Crippen MR) is 109 cm³/mol. The van der Waals surface area contributed by atoms with Crippen molar-refractivity contribution < 1.29 is 19.4 Å². The number of halogens is 1. The van der Waals surface area contributed by atoms with Crippen LogP contribution < -0.4 is 10.0 Å². The molecular weight excluding hydrogens is 483 g/mol. The first-order valence-electron chi connectivity index (χ1n) is 7.89. The molecule has 2 aromatic heterocycles. The van der Waals surface area contributed by atoms with E-state index in [1.54, 1.807) is 40.0 Å². The molecule has 2 heterocycles. The first-order valence-corrected chi connectivity index (χ1v) is 9.79. The van der Waals surface area contributed by atoms with Crippen LogP contribution in [-0.4, -0.2) is 39.6 Å². The SMILES string of the molecule is CN(C(=O)OC(C)(C)C)c1nnc(-c2ccc3c(c2)c(I)cn3C(=O)[O-])s1. The lowest BCUT2D eigenvalue weighted by Crippen LogP contribution is -2.34. The van der Waals surface area contributed by atoms with E-state index in [-0.39, 0.29) is 0 Å². The molecule has 0 fully saturated rings. The molecule has 3 aromatic rings. The summed E-state index contributed by atoms with van der Waals surface area (Å²) in [4.78, 5) is 24.7. The Labute approximate surface area is 172 Å². The molecule has 1 aromatic carbocycles. The lowest BCUT2D eigenvalue weighted by atomic mass is 10.2. The van der Waals surface area contributed by atoms with Crippen molar-refractivity contribution in [1.29, 1.82) is 0 Å². The van der Waals surface area contributed by atoms with Crippen LogP contribution in [0.3, 0.4) is 0 Å². The van der Waals surface area contributed by atoms with Crippen LogP contribution in [0, 0.1) is 3.57 Å². The van der Waals surface area contributed by atoms with Crippen molar-refractivity contribution in [3.63, 3.8) is 0 Å². The van der Waals surface area contributed by atoms with Crippen molar-refractivity contribution in [3.05, 3.63) is 28.0 Å². The normalized spacial score (nSPS) is 11.6. The summed E-state index contributed by atoms with van der Waals surface area (Å²) in [6, 6.07) is 5.30. The van der Waals surface area contributed by atoms with Crippen molar-refractivity contribution >= 4 is 62.1 Å². The van der Waals surface area contributed by atoms with Gasteiger partial charge in [-0.05, 0) is 61.6 Å². The maximum atomic E-state index is 12.2.